The summed E-state index contributed by atoms with van der Waals surface area (Å²) in [5.41, 5.74) is -1.19. The molecule has 1 aliphatic rings. The number of amides is 1. The van der Waals surface area contributed by atoms with Crippen LogP contribution in [0.25, 0.3) is 0 Å². The number of piperidine rings is 1. The standard InChI is InChI=1S/C12H21NO4/c1-11(2,3)13(10(16)17)7-5-12(4,6-8-13)9(14)15/h5-8H2,1-4H3,(H-,14,15,16,17)/p+1. The van der Waals surface area contributed by atoms with Gasteiger partial charge in [-0.2, -0.15) is 4.79 Å². The molecule has 0 aromatic rings. The summed E-state index contributed by atoms with van der Waals surface area (Å²) in [7, 11) is 0. The molecule has 0 aromatic carbocycles. The van der Waals surface area contributed by atoms with Crippen LogP contribution in [-0.2, 0) is 4.79 Å². The third-order valence-electron chi connectivity index (χ3n) is 4.26. The van der Waals surface area contributed by atoms with Crippen molar-refractivity contribution in [2.24, 2.45) is 5.41 Å². The molecule has 5 heteroatoms. The largest absolute Gasteiger partial charge is 0.513 e. The van der Waals surface area contributed by atoms with Gasteiger partial charge < -0.3 is 10.2 Å². The summed E-state index contributed by atoms with van der Waals surface area (Å²) in [5, 5.41) is 18.6. The van der Waals surface area contributed by atoms with Crippen LogP contribution in [0.1, 0.15) is 40.5 Å². The Kier molecular flexibility index (Phi) is 3.27. The van der Waals surface area contributed by atoms with E-state index in [-0.39, 0.29) is 4.48 Å². The quantitative estimate of drug-likeness (QED) is 0.693. The van der Waals surface area contributed by atoms with Crippen molar-refractivity contribution in [1.29, 1.82) is 0 Å². The second kappa shape index (κ2) is 3.98. The minimum absolute atomic E-state index is 0.0458. The lowest BCUT2D eigenvalue weighted by Crippen LogP contribution is -2.67. The van der Waals surface area contributed by atoms with Gasteiger partial charge in [-0.05, 0) is 27.7 Å². The maximum Gasteiger partial charge on any atom is 0.513 e. The molecule has 1 saturated heterocycles. The molecule has 1 heterocycles. The molecule has 17 heavy (non-hydrogen) atoms. The fourth-order valence-electron chi connectivity index (χ4n) is 2.47. The highest BCUT2D eigenvalue weighted by molar-refractivity contribution is 5.74. The fourth-order valence-corrected chi connectivity index (χ4v) is 2.47. The third kappa shape index (κ3) is 2.16. The zero-order valence-electron chi connectivity index (χ0n) is 11.0. The molecule has 1 amide bonds. The van der Waals surface area contributed by atoms with Gasteiger partial charge in [0.05, 0.1) is 18.5 Å². The molecular formula is C12H22NO4+. The molecule has 0 bridgehead atoms. The van der Waals surface area contributed by atoms with Gasteiger partial charge in [0.1, 0.15) is 5.54 Å². The molecule has 2 N–H and O–H groups in total. The lowest BCUT2D eigenvalue weighted by molar-refractivity contribution is -0.909. The molecule has 0 spiro atoms. The smallest absolute Gasteiger partial charge is 0.481 e. The average molecular weight is 244 g/mol. The molecule has 0 atom stereocenters. The van der Waals surface area contributed by atoms with Crippen molar-refractivity contribution in [3.8, 4) is 0 Å². The number of likely N-dealkylation sites (tertiary alicyclic amines) is 1. The summed E-state index contributed by atoms with van der Waals surface area (Å²) in [6.07, 6.45) is -0.0393. The van der Waals surface area contributed by atoms with Crippen LogP contribution in [-0.4, -0.2) is 45.4 Å². The van der Waals surface area contributed by atoms with Gasteiger partial charge in [-0.1, -0.05) is 0 Å². The van der Waals surface area contributed by atoms with E-state index in [2.05, 4.69) is 0 Å². The molecule has 0 radical (unpaired) electrons. The van der Waals surface area contributed by atoms with E-state index in [1.54, 1.807) is 6.92 Å². The molecule has 1 fully saturated rings. The third-order valence-corrected chi connectivity index (χ3v) is 4.26. The minimum atomic E-state index is -0.857. The molecule has 0 saturated carbocycles. The summed E-state index contributed by atoms with van der Waals surface area (Å²) in [6, 6.07) is 0. The van der Waals surface area contributed by atoms with E-state index < -0.39 is 23.0 Å². The van der Waals surface area contributed by atoms with E-state index in [0.717, 1.165) is 0 Å². The van der Waals surface area contributed by atoms with Crippen LogP contribution in [0.15, 0.2) is 0 Å². The van der Waals surface area contributed by atoms with Crippen molar-refractivity contribution in [2.75, 3.05) is 13.1 Å². The highest BCUT2D eigenvalue weighted by Crippen LogP contribution is 2.39. The van der Waals surface area contributed by atoms with E-state index >= 15 is 0 Å². The van der Waals surface area contributed by atoms with Crippen molar-refractivity contribution in [1.82, 2.24) is 0 Å². The van der Waals surface area contributed by atoms with Crippen LogP contribution in [0.3, 0.4) is 0 Å². The Morgan fingerprint density at radius 1 is 1.12 bits per heavy atom. The molecule has 0 aliphatic carbocycles. The Morgan fingerprint density at radius 2 is 1.53 bits per heavy atom. The van der Waals surface area contributed by atoms with Crippen molar-refractivity contribution < 1.29 is 24.3 Å². The SMILES string of the molecule is CC1(C(=O)O)CC[N+](C(=O)O)(C(C)(C)C)CC1. The number of carboxylic acids is 1. The van der Waals surface area contributed by atoms with E-state index in [9.17, 15) is 14.7 Å². The monoisotopic (exact) mass is 244 g/mol. The van der Waals surface area contributed by atoms with Crippen LogP contribution in [0, 0.1) is 5.41 Å². The Bertz CT molecular complexity index is 335. The predicted molar refractivity (Wildman–Crippen MR) is 62.7 cm³/mol. The zero-order valence-corrected chi connectivity index (χ0v) is 11.0. The summed E-state index contributed by atoms with van der Waals surface area (Å²) in [4.78, 5) is 22.7. The maximum atomic E-state index is 11.5. The van der Waals surface area contributed by atoms with E-state index in [1.165, 1.54) is 0 Å². The molecule has 98 valence electrons. The topological polar surface area (TPSA) is 74.6 Å². The van der Waals surface area contributed by atoms with Gasteiger partial charge in [0, 0.05) is 12.8 Å². The first-order chi connectivity index (χ1) is 7.55. The number of carboxylic acid groups (broad SMARTS) is 2. The summed E-state index contributed by atoms with van der Waals surface area (Å²) in [5.74, 6) is -0.824. The maximum absolute atomic E-state index is 11.5. The van der Waals surface area contributed by atoms with Crippen LogP contribution in [0.2, 0.25) is 0 Å². The summed E-state index contributed by atoms with van der Waals surface area (Å²) in [6.45, 7) is 8.14. The van der Waals surface area contributed by atoms with Crippen molar-refractivity contribution in [2.45, 2.75) is 46.1 Å². The second-order valence-corrected chi connectivity index (χ2v) is 6.23. The van der Waals surface area contributed by atoms with Gasteiger partial charge in [0.25, 0.3) is 0 Å². The molecule has 0 aromatic heterocycles. The fraction of sp³-hybridized carbons (Fsp3) is 0.833. The van der Waals surface area contributed by atoms with Gasteiger partial charge in [-0.25, -0.2) is 4.48 Å². The Morgan fingerprint density at radius 3 is 1.76 bits per heavy atom. The first-order valence-electron chi connectivity index (χ1n) is 5.89. The molecule has 5 nitrogen and oxygen atoms in total. The van der Waals surface area contributed by atoms with Crippen LogP contribution < -0.4 is 0 Å². The lowest BCUT2D eigenvalue weighted by atomic mass is 9.78. The van der Waals surface area contributed by atoms with Crippen LogP contribution in [0.4, 0.5) is 4.79 Å². The number of quaternary nitrogens is 1. The molecule has 0 unspecified atom stereocenters. The van der Waals surface area contributed by atoms with Gasteiger partial charge in [0.2, 0.25) is 0 Å². The van der Waals surface area contributed by atoms with Gasteiger partial charge >= 0.3 is 12.1 Å². The summed E-state index contributed by atoms with van der Waals surface area (Å²) >= 11 is 0. The Hall–Kier alpha value is -1.10. The highest BCUT2D eigenvalue weighted by atomic mass is 16.4. The second-order valence-electron chi connectivity index (χ2n) is 6.23. The van der Waals surface area contributed by atoms with Gasteiger partial charge in [-0.15, -0.1) is 0 Å². The number of carbonyl (C=O) groups is 2. The number of nitrogens with zero attached hydrogens (tertiary/aromatic N) is 1. The van der Waals surface area contributed by atoms with Crippen LogP contribution in [0.5, 0.6) is 0 Å². The van der Waals surface area contributed by atoms with Crippen LogP contribution >= 0.6 is 0 Å². The highest BCUT2D eigenvalue weighted by Gasteiger charge is 2.54. The molecular weight excluding hydrogens is 222 g/mol. The van der Waals surface area contributed by atoms with Gasteiger partial charge in [0.15, 0.2) is 0 Å². The van der Waals surface area contributed by atoms with Crippen molar-refractivity contribution in [3.63, 3.8) is 0 Å². The minimum Gasteiger partial charge on any atom is -0.481 e. The Labute approximate surface area is 102 Å². The molecule has 1 rings (SSSR count). The lowest BCUT2D eigenvalue weighted by Gasteiger charge is -2.48. The Balaban J connectivity index is 2.98. The first-order valence-corrected chi connectivity index (χ1v) is 5.89. The number of hydrogen-bond acceptors (Lipinski definition) is 2. The number of hydrogen-bond donors (Lipinski definition) is 2. The molecule has 1 aliphatic heterocycles. The van der Waals surface area contributed by atoms with Gasteiger partial charge in [-0.3, -0.25) is 4.79 Å². The van der Waals surface area contributed by atoms with Crippen molar-refractivity contribution >= 4 is 12.1 Å². The van der Waals surface area contributed by atoms with E-state index in [1.807, 2.05) is 20.8 Å². The number of aliphatic carboxylic acids is 1. The van der Waals surface area contributed by atoms with Crippen molar-refractivity contribution in [3.05, 3.63) is 0 Å². The summed E-state index contributed by atoms with van der Waals surface area (Å²) < 4.78 is -0.0458. The van der Waals surface area contributed by atoms with E-state index in [0.29, 0.717) is 25.9 Å². The predicted octanol–water partition coefficient (Wildman–Crippen LogP) is 2.16. The number of rotatable bonds is 1. The normalized spacial score (nSPS) is 34.4. The first kappa shape index (κ1) is 14.0. The average Bonchev–Trinajstić information content (AvgIpc) is 2.16. The van der Waals surface area contributed by atoms with E-state index in [4.69, 9.17) is 5.11 Å². The zero-order chi connectivity index (χ0) is 13.5.